The Bertz CT molecular complexity index is 522. The first-order valence-corrected chi connectivity index (χ1v) is 8.49. The number of halogens is 1. The Labute approximate surface area is 144 Å². The number of benzene rings is 1. The minimum Gasteiger partial charge on any atom is -0.464 e. The lowest BCUT2D eigenvalue weighted by atomic mass is 10.1. The number of nitrogens with zero attached hydrogens (tertiary/aromatic N) is 1. The van der Waals surface area contributed by atoms with Crippen molar-refractivity contribution >= 4 is 34.5 Å². The van der Waals surface area contributed by atoms with Crippen molar-refractivity contribution in [2.75, 3.05) is 13.2 Å². The Morgan fingerprint density at radius 1 is 1.27 bits per heavy atom. The average molecular weight is 417 g/mol. The SMILES string of the molecule is CC(=O)OCC1C(OC(C)=O)CCN1C(I)c1ccccc1. The second-order valence-electron chi connectivity index (χ2n) is 5.29. The number of alkyl halides is 1. The average Bonchev–Trinajstić information content (AvgIpc) is 2.87. The fourth-order valence-corrected chi connectivity index (χ4v) is 3.80. The normalized spacial score (nSPS) is 23.0. The molecule has 0 N–H and O–H groups in total. The molecule has 1 aliphatic heterocycles. The number of rotatable bonds is 5. The van der Waals surface area contributed by atoms with E-state index in [0.717, 1.165) is 13.0 Å². The Hall–Kier alpha value is -1.15. The van der Waals surface area contributed by atoms with Gasteiger partial charge in [0.2, 0.25) is 0 Å². The summed E-state index contributed by atoms with van der Waals surface area (Å²) in [6.45, 7) is 3.83. The van der Waals surface area contributed by atoms with Gasteiger partial charge in [-0.3, -0.25) is 14.5 Å². The van der Waals surface area contributed by atoms with Gasteiger partial charge in [-0.2, -0.15) is 0 Å². The monoisotopic (exact) mass is 417 g/mol. The highest BCUT2D eigenvalue weighted by Crippen LogP contribution is 2.35. The number of ether oxygens (including phenoxy) is 2. The van der Waals surface area contributed by atoms with Crippen LogP contribution in [-0.4, -0.2) is 42.1 Å². The third kappa shape index (κ3) is 4.42. The Morgan fingerprint density at radius 3 is 2.55 bits per heavy atom. The number of hydrogen-bond acceptors (Lipinski definition) is 5. The number of likely N-dealkylation sites (tertiary alicyclic amines) is 1. The first-order chi connectivity index (χ1) is 10.5. The molecule has 3 unspecified atom stereocenters. The van der Waals surface area contributed by atoms with Crippen LogP contribution in [0.2, 0.25) is 0 Å². The molecule has 0 aromatic heterocycles. The Balaban J connectivity index is 2.13. The molecule has 0 saturated carbocycles. The molecule has 0 amide bonds. The van der Waals surface area contributed by atoms with E-state index < -0.39 is 0 Å². The third-order valence-corrected chi connectivity index (χ3v) is 5.10. The van der Waals surface area contributed by atoms with E-state index in [1.165, 1.54) is 19.4 Å². The van der Waals surface area contributed by atoms with Crippen LogP contribution in [0.3, 0.4) is 0 Å². The van der Waals surface area contributed by atoms with Gasteiger partial charge in [-0.1, -0.05) is 52.9 Å². The van der Waals surface area contributed by atoms with Crippen molar-refractivity contribution in [3.8, 4) is 0 Å². The zero-order valence-corrected chi connectivity index (χ0v) is 14.9. The molecule has 1 aromatic rings. The molecule has 1 aromatic carbocycles. The number of carbonyl (C=O) groups is 2. The fraction of sp³-hybridized carbons (Fsp3) is 0.500. The summed E-state index contributed by atoms with van der Waals surface area (Å²) in [7, 11) is 0. The summed E-state index contributed by atoms with van der Waals surface area (Å²) in [4.78, 5) is 24.6. The van der Waals surface area contributed by atoms with Crippen molar-refractivity contribution in [1.82, 2.24) is 4.90 Å². The fourth-order valence-electron chi connectivity index (χ4n) is 2.69. The highest BCUT2D eigenvalue weighted by molar-refractivity contribution is 14.1. The topological polar surface area (TPSA) is 55.8 Å². The van der Waals surface area contributed by atoms with Gasteiger partial charge in [-0.05, 0) is 12.0 Å². The predicted molar refractivity (Wildman–Crippen MR) is 90.5 cm³/mol. The van der Waals surface area contributed by atoms with Crippen LogP contribution in [0.1, 0.15) is 29.9 Å². The second-order valence-corrected chi connectivity index (χ2v) is 6.47. The van der Waals surface area contributed by atoms with Crippen molar-refractivity contribution < 1.29 is 19.1 Å². The van der Waals surface area contributed by atoms with Crippen LogP contribution >= 0.6 is 22.6 Å². The van der Waals surface area contributed by atoms with Gasteiger partial charge in [-0.15, -0.1) is 0 Å². The number of hydrogen-bond donors (Lipinski definition) is 0. The molecule has 0 aliphatic carbocycles. The van der Waals surface area contributed by atoms with Gasteiger partial charge in [0.05, 0.1) is 10.1 Å². The van der Waals surface area contributed by atoms with Crippen LogP contribution in [0.15, 0.2) is 30.3 Å². The van der Waals surface area contributed by atoms with Crippen molar-refractivity contribution in [3.63, 3.8) is 0 Å². The summed E-state index contributed by atoms with van der Waals surface area (Å²) in [5.74, 6) is -0.623. The zero-order chi connectivity index (χ0) is 16.1. The molecule has 22 heavy (non-hydrogen) atoms. The van der Waals surface area contributed by atoms with Gasteiger partial charge in [0.15, 0.2) is 0 Å². The lowest BCUT2D eigenvalue weighted by molar-refractivity contribution is -0.150. The standard InChI is InChI=1S/C16H20INO4/c1-11(19)21-10-14-15(22-12(2)20)8-9-18(14)16(17)13-6-4-3-5-7-13/h3-7,14-16H,8-10H2,1-2H3. The van der Waals surface area contributed by atoms with Gasteiger partial charge in [-0.25, -0.2) is 0 Å². The van der Waals surface area contributed by atoms with E-state index in [0.29, 0.717) is 0 Å². The number of esters is 2. The van der Waals surface area contributed by atoms with E-state index in [2.05, 4.69) is 39.6 Å². The van der Waals surface area contributed by atoms with Crippen molar-refractivity contribution in [2.24, 2.45) is 0 Å². The first kappa shape index (κ1) is 17.2. The molecular weight excluding hydrogens is 397 g/mol. The van der Waals surface area contributed by atoms with Crippen LogP contribution in [0, 0.1) is 0 Å². The van der Waals surface area contributed by atoms with E-state index in [4.69, 9.17) is 9.47 Å². The number of carbonyl (C=O) groups excluding carboxylic acids is 2. The lowest BCUT2D eigenvalue weighted by Crippen LogP contribution is -2.41. The predicted octanol–water partition coefficient (Wildman–Crippen LogP) is 2.69. The summed E-state index contributed by atoms with van der Waals surface area (Å²) >= 11 is 2.37. The summed E-state index contributed by atoms with van der Waals surface area (Å²) < 4.78 is 10.7. The summed E-state index contributed by atoms with van der Waals surface area (Å²) in [5, 5.41) is 0. The van der Waals surface area contributed by atoms with Crippen molar-refractivity contribution in [1.29, 1.82) is 0 Å². The van der Waals surface area contributed by atoms with Crippen LogP contribution in [0.4, 0.5) is 0 Å². The Kier molecular flexibility index (Phi) is 6.19. The largest absolute Gasteiger partial charge is 0.464 e. The van der Waals surface area contributed by atoms with Crippen LogP contribution < -0.4 is 0 Å². The Morgan fingerprint density at radius 2 is 1.95 bits per heavy atom. The van der Waals surface area contributed by atoms with Crippen molar-refractivity contribution in [2.45, 2.75) is 36.5 Å². The van der Waals surface area contributed by atoms with Gasteiger partial charge in [0.1, 0.15) is 12.7 Å². The van der Waals surface area contributed by atoms with Gasteiger partial charge in [0.25, 0.3) is 0 Å². The highest BCUT2D eigenvalue weighted by atomic mass is 127. The van der Waals surface area contributed by atoms with E-state index in [1.54, 1.807) is 0 Å². The van der Waals surface area contributed by atoms with Crippen LogP contribution in [0.25, 0.3) is 0 Å². The molecule has 5 nitrogen and oxygen atoms in total. The van der Waals surface area contributed by atoms with Gasteiger partial charge >= 0.3 is 11.9 Å². The maximum atomic E-state index is 11.3. The van der Waals surface area contributed by atoms with Crippen LogP contribution in [0.5, 0.6) is 0 Å². The molecule has 0 radical (unpaired) electrons. The molecule has 1 heterocycles. The molecular formula is C16H20INO4. The van der Waals surface area contributed by atoms with E-state index >= 15 is 0 Å². The molecule has 1 fully saturated rings. The van der Waals surface area contributed by atoms with Crippen LogP contribution in [-0.2, 0) is 19.1 Å². The second kappa shape index (κ2) is 7.92. The highest BCUT2D eigenvalue weighted by Gasteiger charge is 2.40. The first-order valence-electron chi connectivity index (χ1n) is 7.24. The summed E-state index contributed by atoms with van der Waals surface area (Å²) in [6, 6.07) is 10.0. The minimum absolute atomic E-state index is 0.116. The molecule has 1 saturated heterocycles. The molecule has 1 aliphatic rings. The molecule has 0 spiro atoms. The van der Waals surface area contributed by atoms with E-state index in [9.17, 15) is 9.59 Å². The summed E-state index contributed by atoms with van der Waals surface area (Å²) in [5.41, 5.74) is 1.18. The molecule has 0 bridgehead atoms. The van der Waals surface area contributed by atoms with E-state index in [1.807, 2.05) is 18.2 Å². The molecule has 6 heteroatoms. The zero-order valence-electron chi connectivity index (χ0n) is 12.7. The lowest BCUT2D eigenvalue weighted by Gasteiger charge is -2.31. The van der Waals surface area contributed by atoms with Gasteiger partial charge < -0.3 is 9.47 Å². The third-order valence-electron chi connectivity index (χ3n) is 3.67. The molecule has 120 valence electrons. The minimum atomic E-state index is -0.321. The quantitative estimate of drug-likeness (QED) is 0.319. The van der Waals surface area contributed by atoms with Crippen molar-refractivity contribution in [3.05, 3.63) is 35.9 Å². The molecule has 3 atom stereocenters. The summed E-state index contributed by atoms with van der Waals surface area (Å²) in [6.07, 6.45) is 0.510. The maximum absolute atomic E-state index is 11.3. The molecule has 2 rings (SSSR count). The smallest absolute Gasteiger partial charge is 0.302 e. The van der Waals surface area contributed by atoms with E-state index in [-0.39, 0.29) is 34.7 Å². The van der Waals surface area contributed by atoms with Gasteiger partial charge in [0, 0.05) is 20.4 Å². The maximum Gasteiger partial charge on any atom is 0.302 e.